The average Bonchev–Trinajstić information content (AvgIpc) is 3.03. The number of hydrogen-bond acceptors (Lipinski definition) is 2. The van der Waals surface area contributed by atoms with Gasteiger partial charge in [0.25, 0.3) is 0 Å². The zero-order chi connectivity index (χ0) is 18.4. The van der Waals surface area contributed by atoms with Gasteiger partial charge in [-0.05, 0) is 49.2 Å². The molecular formula is C20H22FN3O2. The molecule has 136 valence electrons. The molecular weight excluding hydrogens is 333 g/mol. The van der Waals surface area contributed by atoms with Crippen LogP contribution in [0.15, 0.2) is 54.7 Å². The Bertz CT molecular complexity index is 864. The van der Waals surface area contributed by atoms with Gasteiger partial charge in [-0.1, -0.05) is 18.2 Å². The van der Waals surface area contributed by atoms with Crippen LogP contribution in [0.25, 0.3) is 10.9 Å². The van der Waals surface area contributed by atoms with Gasteiger partial charge in [0.15, 0.2) is 0 Å². The molecule has 2 aromatic carbocycles. The van der Waals surface area contributed by atoms with Crippen molar-refractivity contribution in [2.24, 2.45) is 0 Å². The number of aromatic nitrogens is 1. The van der Waals surface area contributed by atoms with Crippen LogP contribution in [-0.4, -0.2) is 30.2 Å². The standard InChI is InChI=1S/C20H22FN3O2/c1-14(26-17-5-3-2-4-6-17)12-24-20(25)22-10-9-15-13-23-19-11-16(21)7-8-18(15)19/h2-8,11,13-14,23H,9-10,12H2,1H3,(H2,22,24,25). The van der Waals surface area contributed by atoms with Gasteiger partial charge >= 0.3 is 6.03 Å². The summed E-state index contributed by atoms with van der Waals surface area (Å²) in [6.07, 6.45) is 2.38. The van der Waals surface area contributed by atoms with Crippen LogP contribution in [0, 0.1) is 5.82 Å². The smallest absolute Gasteiger partial charge is 0.314 e. The second-order valence-corrected chi connectivity index (χ2v) is 6.13. The van der Waals surface area contributed by atoms with Crippen LogP contribution in [0.2, 0.25) is 0 Å². The van der Waals surface area contributed by atoms with E-state index in [9.17, 15) is 9.18 Å². The summed E-state index contributed by atoms with van der Waals surface area (Å²) in [6.45, 7) is 2.80. The Morgan fingerprint density at radius 2 is 2.00 bits per heavy atom. The van der Waals surface area contributed by atoms with Crippen LogP contribution in [0.1, 0.15) is 12.5 Å². The van der Waals surface area contributed by atoms with Crippen molar-refractivity contribution in [1.82, 2.24) is 15.6 Å². The highest BCUT2D eigenvalue weighted by atomic mass is 19.1. The van der Waals surface area contributed by atoms with Crippen molar-refractivity contribution in [2.45, 2.75) is 19.4 Å². The first-order chi connectivity index (χ1) is 12.6. The Kier molecular flexibility index (Phi) is 5.73. The zero-order valence-corrected chi connectivity index (χ0v) is 14.6. The van der Waals surface area contributed by atoms with Crippen molar-refractivity contribution in [2.75, 3.05) is 13.1 Å². The van der Waals surface area contributed by atoms with Gasteiger partial charge in [0.05, 0.1) is 6.54 Å². The molecule has 1 heterocycles. The third-order valence-electron chi connectivity index (χ3n) is 4.04. The summed E-state index contributed by atoms with van der Waals surface area (Å²) in [6, 6.07) is 13.9. The van der Waals surface area contributed by atoms with E-state index in [0.717, 1.165) is 22.2 Å². The maximum atomic E-state index is 13.2. The fourth-order valence-electron chi connectivity index (χ4n) is 2.75. The maximum Gasteiger partial charge on any atom is 0.314 e. The van der Waals surface area contributed by atoms with E-state index in [1.165, 1.54) is 12.1 Å². The predicted molar refractivity (Wildman–Crippen MR) is 99.9 cm³/mol. The monoisotopic (exact) mass is 355 g/mol. The highest BCUT2D eigenvalue weighted by Crippen LogP contribution is 2.19. The molecule has 0 bridgehead atoms. The summed E-state index contributed by atoms with van der Waals surface area (Å²) >= 11 is 0. The number of halogens is 1. The summed E-state index contributed by atoms with van der Waals surface area (Å²) in [7, 11) is 0. The topological polar surface area (TPSA) is 66.2 Å². The van der Waals surface area contributed by atoms with E-state index >= 15 is 0 Å². The highest BCUT2D eigenvalue weighted by Gasteiger charge is 2.08. The lowest BCUT2D eigenvalue weighted by molar-refractivity contribution is 0.208. The molecule has 26 heavy (non-hydrogen) atoms. The minimum Gasteiger partial charge on any atom is -0.489 e. The van der Waals surface area contributed by atoms with Crippen molar-refractivity contribution < 1.29 is 13.9 Å². The van der Waals surface area contributed by atoms with E-state index in [1.54, 1.807) is 6.07 Å². The number of aromatic amines is 1. The number of benzene rings is 2. The lowest BCUT2D eigenvalue weighted by atomic mass is 10.1. The van der Waals surface area contributed by atoms with Gasteiger partial charge in [0.2, 0.25) is 0 Å². The number of urea groups is 1. The molecule has 0 fully saturated rings. The highest BCUT2D eigenvalue weighted by molar-refractivity contribution is 5.83. The molecule has 1 aromatic heterocycles. The molecule has 0 aliphatic rings. The number of nitrogens with one attached hydrogen (secondary N) is 3. The van der Waals surface area contributed by atoms with E-state index in [2.05, 4.69) is 15.6 Å². The minimum absolute atomic E-state index is 0.133. The third-order valence-corrected chi connectivity index (χ3v) is 4.04. The summed E-state index contributed by atoms with van der Waals surface area (Å²) < 4.78 is 18.9. The number of carbonyl (C=O) groups is 1. The van der Waals surface area contributed by atoms with Gasteiger partial charge in [-0.25, -0.2) is 9.18 Å². The molecule has 3 rings (SSSR count). The molecule has 5 nitrogen and oxygen atoms in total. The Hall–Kier alpha value is -3.02. The molecule has 0 radical (unpaired) electrons. The van der Waals surface area contributed by atoms with Gasteiger partial charge < -0.3 is 20.4 Å². The number of hydrogen-bond donors (Lipinski definition) is 3. The van der Waals surface area contributed by atoms with Crippen molar-refractivity contribution in [1.29, 1.82) is 0 Å². The van der Waals surface area contributed by atoms with Crippen LogP contribution in [0.3, 0.4) is 0 Å². The van der Waals surface area contributed by atoms with E-state index in [-0.39, 0.29) is 18.0 Å². The van der Waals surface area contributed by atoms with Crippen molar-refractivity contribution >= 4 is 16.9 Å². The largest absolute Gasteiger partial charge is 0.489 e. The SMILES string of the molecule is CC(CNC(=O)NCCc1c[nH]c2cc(F)ccc12)Oc1ccccc1. The minimum atomic E-state index is -0.268. The predicted octanol–water partition coefficient (Wildman–Crippen LogP) is 3.62. The average molecular weight is 355 g/mol. The number of H-pyrrole nitrogens is 1. The molecule has 6 heteroatoms. The third kappa shape index (κ3) is 4.75. The summed E-state index contributed by atoms with van der Waals surface area (Å²) in [5, 5.41) is 6.59. The number of fused-ring (bicyclic) bond motifs is 1. The second-order valence-electron chi connectivity index (χ2n) is 6.13. The quantitative estimate of drug-likeness (QED) is 0.606. The molecule has 0 aliphatic heterocycles. The van der Waals surface area contributed by atoms with Crippen molar-refractivity contribution in [3.63, 3.8) is 0 Å². The fraction of sp³-hybridized carbons (Fsp3) is 0.250. The van der Waals surface area contributed by atoms with Crippen LogP contribution >= 0.6 is 0 Å². The molecule has 3 aromatic rings. The first-order valence-electron chi connectivity index (χ1n) is 8.61. The summed E-state index contributed by atoms with van der Waals surface area (Å²) in [4.78, 5) is 14.9. The van der Waals surface area contributed by atoms with Crippen LogP contribution in [0.4, 0.5) is 9.18 Å². The first kappa shape index (κ1) is 17.8. The van der Waals surface area contributed by atoms with E-state index in [0.29, 0.717) is 19.5 Å². The zero-order valence-electron chi connectivity index (χ0n) is 14.6. The van der Waals surface area contributed by atoms with Crippen LogP contribution in [-0.2, 0) is 6.42 Å². The number of rotatable bonds is 7. The first-order valence-corrected chi connectivity index (χ1v) is 8.61. The Morgan fingerprint density at radius 3 is 2.81 bits per heavy atom. The molecule has 0 saturated carbocycles. The molecule has 3 N–H and O–H groups in total. The van der Waals surface area contributed by atoms with Gasteiger partial charge in [0.1, 0.15) is 17.7 Å². The Labute approximate surface area is 151 Å². The van der Waals surface area contributed by atoms with Crippen molar-refractivity contribution in [3.05, 3.63) is 66.1 Å². The summed E-state index contributed by atoms with van der Waals surface area (Å²) in [5.41, 5.74) is 1.80. The van der Waals surface area contributed by atoms with Crippen LogP contribution < -0.4 is 15.4 Å². The fourth-order valence-corrected chi connectivity index (χ4v) is 2.75. The van der Waals surface area contributed by atoms with Gasteiger partial charge in [0, 0.05) is 23.6 Å². The molecule has 2 amide bonds. The number of para-hydroxylation sites is 1. The molecule has 1 unspecified atom stereocenters. The molecule has 0 aliphatic carbocycles. The molecule has 1 atom stereocenters. The molecule has 0 saturated heterocycles. The van der Waals surface area contributed by atoms with E-state index < -0.39 is 0 Å². The maximum absolute atomic E-state index is 13.2. The lowest BCUT2D eigenvalue weighted by Crippen LogP contribution is -2.41. The van der Waals surface area contributed by atoms with Crippen molar-refractivity contribution in [3.8, 4) is 5.75 Å². The Balaban J connectivity index is 1.40. The Morgan fingerprint density at radius 1 is 1.19 bits per heavy atom. The second kappa shape index (κ2) is 8.38. The van der Waals surface area contributed by atoms with Gasteiger partial charge in [-0.3, -0.25) is 0 Å². The summed E-state index contributed by atoms with van der Waals surface area (Å²) in [5.74, 6) is 0.508. The van der Waals surface area contributed by atoms with Crippen LogP contribution in [0.5, 0.6) is 5.75 Å². The van der Waals surface area contributed by atoms with E-state index in [1.807, 2.05) is 43.5 Å². The molecule has 0 spiro atoms. The van der Waals surface area contributed by atoms with Gasteiger partial charge in [-0.2, -0.15) is 0 Å². The normalized spacial score (nSPS) is 11.9. The van der Waals surface area contributed by atoms with Gasteiger partial charge in [-0.15, -0.1) is 0 Å². The van der Waals surface area contributed by atoms with E-state index in [4.69, 9.17) is 4.74 Å². The number of carbonyl (C=O) groups excluding carboxylic acids is 1. The number of amides is 2. The lowest BCUT2D eigenvalue weighted by Gasteiger charge is -2.15. The number of ether oxygens (including phenoxy) is 1.